The van der Waals surface area contributed by atoms with Gasteiger partial charge in [-0.15, -0.1) is 0 Å². The van der Waals surface area contributed by atoms with E-state index in [1.807, 2.05) is 36.5 Å². The molecule has 9 nitrogen and oxygen atoms in total. The second-order valence-corrected chi connectivity index (χ2v) is 9.22. The lowest BCUT2D eigenvalue weighted by atomic mass is 10.1. The second-order valence-electron chi connectivity index (χ2n) is 7.24. The van der Waals surface area contributed by atoms with E-state index in [4.69, 9.17) is 0 Å². The summed E-state index contributed by atoms with van der Waals surface area (Å²) in [4.78, 5) is 30.4. The second kappa shape index (κ2) is 8.40. The van der Waals surface area contributed by atoms with Gasteiger partial charge in [-0.2, -0.15) is 9.40 Å². The fraction of sp³-hybridized carbons (Fsp3) is 0.238. The number of piperazine rings is 1. The summed E-state index contributed by atoms with van der Waals surface area (Å²) in [6.45, 7) is 1.08. The van der Waals surface area contributed by atoms with Crippen LogP contribution in [0.5, 0.6) is 0 Å². The Morgan fingerprint density at radius 2 is 1.77 bits per heavy atom. The van der Waals surface area contributed by atoms with E-state index in [-0.39, 0.29) is 24.7 Å². The van der Waals surface area contributed by atoms with Crippen LogP contribution in [0, 0.1) is 0 Å². The van der Waals surface area contributed by atoms with Gasteiger partial charge in [0.05, 0.1) is 17.6 Å². The number of benzene rings is 1. The summed E-state index contributed by atoms with van der Waals surface area (Å²) in [7, 11) is -3.28. The predicted octanol–water partition coefficient (Wildman–Crippen LogP) is 1.46. The molecular formula is C21H21N5O4S. The van der Waals surface area contributed by atoms with Crippen LogP contribution in [0.25, 0.3) is 16.9 Å². The molecule has 0 atom stereocenters. The van der Waals surface area contributed by atoms with Crippen molar-refractivity contribution in [1.29, 1.82) is 0 Å². The van der Waals surface area contributed by atoms with E-state index in [1.54, 1.807) is 21.8 Å². The summed E-state index contributed by atoms with van der Waals surface area (Å²) < 4.78 is 26.5. The number of rotatable bonds is 5. The summed E-state index contributed by atoms with van der Waals surface area (Å²) in [5.74, 6) is -0.256. The van der Waals surface area contributed by atoms with Crippen molar-refractivity contribution in [3.8, 4) is 16.9 Å². The molecule has 0 bridgehead atoms. The highest BCUT2D eigenvalue weighted by Gasteiger charge is 2.27. The maximum absolute atomic E-state index is 13.0. The number of hydrogen-bond acceptors (Lipinski definition) is 6. The van der Waals surface area contributed by atoms with Crippen molar-refractivity contribution in [2.45, 2.75) is 0 Å². The first kappa shape index (κ1) is 20.9. The Balaban J connectivity index is 1.58. The number of sulfonamides is 1. The van der Waals surface area contributed by atoms with Gasteiger partial charge in [0.15, 0.2) is 6.29 Å². The minimum atomic E-state index is -3.28. The quantitative estimate of drug-likeness (QED) is 0.558. The van der Waals surface area contributed by atoms with Crippen LogP contribution >= 0.6 is 0 Å². The topological polar surface area (TPSA) is 105 Å². The highest BCUT2D eigenvalue weighted by molar-refractivity contribution is 7.88. The standard InChI is InChI=1S/C21H21N5O4S/c1-31(29,30)25-11-9-24(10-12-25)21(28)17-13-18(15-27)23-20(14-17)16-3-5-19(6-4-16)26-8-2-7-22-26/h2-8,13-15H,9-12H2,1H3. The number of aromatic nitrogens is 3. The molecule has 0 N–H and O–H groups in total. The SMILES string of the molecule is CS(=O)(=O)N1CCN(C(=O)c2cc(C=O)nc(-c3ccc(-n4cccn4)cc3)c2)CC1. The molecule has 1 aromatic carbocycles. The molecular weight excluding hydrogens is 418 g/mol. The van der Waals surface area contributed by atoms with Crippen LogP contribution in [0.3, 0.4) is 0 Å². The van der Waals surface area contributed by atoms with Crippen LogP contribution in [0.4, 0.5) is 0 Å². The smallest absolute Gasteiger partial charge is 0.254 e. The lowest BCUT2D eigenvalue weighted by Gasteiger charge is -2.33. The lowest BCUT2D eigenvalue weighted by molar-refractivity contribution is 0.0698. The zero-order valence-corrected chi connectivity index (χ0v) is 17.7. The van der Waals surface area contributed by atoms with Crippen LogP contribution in [0.2, 0.25) is 0 Å². The van der Waals surface area contributed by atoms with E-state index in [9.17, 15) is 18.0 Å². The Kier molecular flexibility index (Phi) is 5.66. The largest absolute Gasteiger partial charge is 0.336 e. The van der Waals surface area contributed by atoms with Crippen molar-refractivity contribution < 1.29 is 18.0 Å². The maximum atomic E-state index is 13.0. The van der Waals surface area contributed by atoms with Gasteiger partial charge in [-0.1, -0.05) is 12.1 Å². The van der Waals surface area contributed by atoms with Crippen LogP contribution in [0.1, 0.15) is 20.8 Å². The fourth-order valence-electron chi connectivity index (χ4n) is 3.50. The molecule has 1 fully saturated rings. The highest BCUT2D eigenvalue weighted by Crippen LogP contribution is 2.22. The minimum Gasteiger partial charge on any atom is -0.336 e. The third-order valence-corrected chi connectivity index (χ3v) is 6.44. The van der Waals surface area contributed by atoms with Gasteiger partial charge in [0, 0.05) is 49.7 Å². The summed E-state index contributed by atoms with van der Waals surface area (Å²) in [6, 6.07) is 12.4. The van der Waals surface area contributed by atoms with E-state index < -0.39 is 10.0 Å². The molecule has 1 aliphatic heterocycles. The van der Waals surface area contributed by atoms with Crippen molar-refractivity contribution in [1.82, 2.24) is 24.0 Å². The number of nitrogens with zero attached hydrogens (tertiary/aromatic N) is 5. The number of pyridine rings is 1. The summed E-state index contributed by atoms with van der Waals surface area (Å²) in [5, 5.41) is 4.19. The number of carbonyl (C=O) groups excluding carboxylic acids is 2. The van der Waals surface area contributed by atoms with Gasteiger partial charge in [0.1, 0.15) is 5.69 Å². The van der Waals surface area contributed by atoms with Crippen molar-refractivity contribution in [2.24, 2.45) is 0 Å². The predicted molar refractivity (Wildman–Crippen MR) is 115 cm³/mol. The zero-order valence-electron chi connectivity index (χ0n) is 16.9. The average Bonchev–Trinajstić information content (AvgIpc) is 3.33. The molecule has 1 amide bonds. The van der Waals surface area contributed by atoms with Crippen LogP contribution in [-0.4, -0.2) is 77.0 Å². The van der Waals surface area contributed by atoms with Gasteiger partial charge in [-0.3, -0.25) is 9.59 Å². The fourth-order valence-corrected chi connectivity index (χ4v) is 4.32. The van der Waals surface area contributed by atoms with E-state index in [0.717, 1.165) is 17.5 Å². The third-order valence-electron chi connectivity index (χ3n) is 5.14. The average molecular weight is 439 g/mol. The first-order chi connectivity index (χ1) is 14.8. The Hall–Kier alpha value is -3.37. The molecule has 0 radical (unpaired) electrons. The molecule has 160 valence electrons. The van der Waals surface area contributed by atoms with E-state index in [1.165, 1.54) is 10.4 Å². The summed E-state index contributed by atoms with van der Waals surface area (Å²) in [5.41, 5.74) is 2.65. The van der Waals surface area contributed by atoms with Gasteiger partial charge >= 0.3 is 0 Å². The molecule has 0 spiro atoms. The molecule has 2 aromatic heterocycles. The molecule has 31 heavy (non-hydrogen) atoms. The van der Waals surface area contributed by atoms with Crippen molar-refractivity contribution in [2.75, 3.05) is 32.4 Å². The Labute approximate surface area is 180 Å². The Bertz CT molecular complexity index is 1200. The zero-order chi connectivity index (χ0) is 22.0. The number of carbonyl (C=O) groups is 2. The van der Waals surface area contributed by atoms with E-state index in [0.29, 0.717) is 30.6 Å². The molecule has 3 heterocycles. The van der Waals surface area contributed by atoms with Gasteiger partial charge in [0.25, 0.3) is 5.91 Å². The van der Waals surface area contributed by atoms with E-state index >= 15 is 0 Å². The number of aldehydes is 1. The van der Waals surface area contributed by atoms with E-state index in [2.05, 4.69) is 10.1 Å². The summed E-state index contributed by atoms with van der Waals surface area (Å²) >= 11 is 0. The molecule has 0 saturated carbocycles. The third kappa shape index (κ3) is 4.54. The number of amides is 1. The normalized spacial score (nSPS) is 15.1. The molecule has 0 aliphatic carbocycles. The van der Waals surface area contributed by atoms with Crippen LogP contribution < -0.4 is 0 Å². The molecule has 0 unspecified atom stereocenters. The van der Waals surface area contributed by atoms with Gasteiger partial charge in [0.2, 0.25) is 10.0 Å². The maximum Gasteiger partial charge on any atom is 0.254 e. The highest BCUT2D eigenvalue weighted by atomic mass is 32.2. The van der Waals surface area contributed by atoms with Crippen molar-refractivity contribution in [3.05, 3.63) is 66.1 Å². The first-order valence-electron chi connectivity index (χ1n) is 9.67. The molecule has 1 saturated heterocycles. The monoisotopic (exact) mass is 439 g/mol. The van der Waals surface area contributed by atoms with Gasteiger partial charge in [-0.25, -0.2) is 18.1 Å². The van der Waals surface area contributed by atoms with Crippen LogP contribution in [0.15, 0.2) is 54.9 Å². The molecule has 10 heteroatoms. The van der Waals surface area contributed by atoms with Gasteiger partial charge < -0.3 is 4.90 Å². The Morgan fingerprint density at radius 3 is 2.35 bits per heavy atom. The molecule has 3 aromatic rings. The van der Waals surface area contributed by atoms with Crippen LogP contribution in [-0.2, 0) is 10.0 Å². The minimum absolute atomic E-state index is 0.159. The molecule has 4 rings (SSSR count). The van der Waals surface area contributed by atoms with Crippen molar-refractivity contribution in [3.63, 3.8) is 0 Å². The Morgan fingerprint density at radius 1 is 1.06 bits per heavy atom. The number of hydrogen-bond donors (Lipinski definition) is 0. The first-order valence-corrected chi connectivity index (χ1v) is 11.5. The summed E-state index contributed by atoms with van der Waals surface area (Å²) in [6.07, 6.45) is 5.30. The van der Waals surface area contributed by atoms with Gasteiger partial charge in [-0.05, 0) is 30.3 Å². The van der Waals surface area contributed by atoms with Crippen molar-refractivity contribution >= 4 is 22.2 Å². The molecule has 1 aliphatic rings. The lowest BCUT2D eigenvalue weighted by Crippen LogP contribution is -2.50.